The van der Waals surface area contributed by atoms with E-state index in [0.29, 0.717) is 29.2 Å². The Labute approximate surface area is 118 Å². The van der Waals surface area contributed by atoms with Gasteiger partial charge in [0.25, 0.3) is 0 Å². The Balaban J connectivity index is 2.47. The standard InChI is InChI=1S/C13H18Cl2N2O/c1-9(2)17(3)8-13(18)16-7-10-4-5-11(14)6-12(10)15/h4-6,9H,7-8H2,1-3H3,(H,16,18). The summed E-state index contributed by atoms with van der Waals surface area (Å²) < 4.78 is 0. The Bertz CT molecular complexity index is 421. The molecular formula is C13H18Cl2N2O. The van der Waals surface area contributed by atoms with E-state index >= 15 is 0 Å². The largest absolute Gasteiger partial charge is 0.351 e. The zero-order valence-corrected chi connectivity index (χ0v) is 12.3. The number of carbonyl (C=O) groups excluding carboxylic acids is 1. The summed E-state index contributed by atoms with van der Waals surface area (Å²) in [6.45, 7) is 4.89. The normalized spacial score (nSPS) is 11.1. The highest BCUT2D eigenvalue weighted by molar-refractivity contribution is 6.35. The van der Waals surface area contributed by atoms with Gasteiger partial charge in [-0.1, -0.05) is 29.3 Å². The van der Waals surface area contributed by atoms with Crippen molar-refractivity contribution in [3.8, 4) is 0 Å². The molecule has 0 aliphatic heterocycles. The van der Waals surface area contributed by atoms with E-state index in [4.69, 9.17) is 23.2 Å². The lowest BCUT2D eigenvalue weighted by atomic mass is 10.2. The lowest BCUT2D eigenvalue weighted by molar-refractivity contribution is -0.122. The Morgan fingerprint density at radius 1 is 1.39 bits per heavy atom. The number of halogens is 2. The highest BCUT2D eigenvalue weighted by Crippen LogP contribution is 2.20. The monoisotopic (exact) mass is 288 g/mol. The molecule has 5 heteroatoms. The third kappa shape index (κ3) is 4.84. The highest BCUT2D eigenvalue weighted by Gasteiger charge is 2.09. The molecule has 100 valence electrons. The average molecular weight is 289 g/mol. The molecule has 1 aromatic carbocycles. The summed E-state index contributed by atoms with van der Waals surface area (Å²) in [4.78, 5) is 13.7. The number of nitrogens with zero attached hydrogens (tertiary/aromatic N) is 1. The number of likely N-dealkylation sites (N-methyl/N-ethyl adjacent to an activating group) is 1. The van der Waals surface area contributed by atoms with E-state index in [1.807, 2.05) is 31.9 Å². The molecule has 0 atom stereocenters. The maximum absolute atomic E-state index is 11.7. The molecular weight excluding hydrogens is 271 g/mol. The van der Waals surface area contributed by atoms with E-state index in [1.165, 1.54) is 0 Å². The molecule has 1 amide bonds. The van der Waals surface area contributed by atoms with E-state index in [-0.39, 0.29) is 5.91 Å². The summed E-state index contributed by atoms with van der Waals surface area (Å²) in [5, 5.41) is 4.00. The quantitative estimate of drug-likeness (QED) is 0.904. The van der Waals surface area contributed by atoms with Gasteiger partial charge in [-0.05, 0) is 38.6 Å². The highest BCUT2D eigenvalue weighted by atomic mass is 35.5. The van der Waals surface area contributed by atoms with Gasteiger partial charge < -0.3 is 5.32 Å². The minimum absolute atomic E-state index is 0.0165. The molecule has 1 aromatic rings. The van der Waals surface area contributed by atoms with Gasteiger partial charge in [0, 0.05) is 22.6 Å². The van der Waals surface area contributed by atoms with Crippen molar-refractivity contribution in [2.75, 3.05) is 13.6 Å². The maximum atomic E-state index is 11.7. The van der Waals surface area contributed by atoms with Crippen molar-refractivity contribution in [1.29, 1.82) is 0 Å². The zero-order valence-electron chi connectivity index (χ0n) is 10.8. The molecule has 0 bridgehead atoms. The van der Waals surface area contributed by atoms with Gasteiger partial charge in [0.2, 0.25) is 5.91 Å². The van der Waals surface area contributed by atoms with Gasteiger partial charge in [-0.2, -0.15) is 0 Å². The van der Waals surface area contributed by atoms with E-state index in [2.05, 4.69) is 5.32 Å². The van der Waals surface area contributed by atoms with Crippen LogP contribution < -0.4 is 5.32 Å². The van der Waals surface area contributed by atoms with Crippen LogP contribution in [-0.2, 0) is 11.3 Å². The molecule has 0 saturated heterocycles. The lowest BCUT2D eigenvalue weighted by Crippen LogP contribution is -2.38. The van der Waals surface area contributed by atoms with Crippen molar-refractivity contribution < 1.29 is 4.79 Å². The summed E-state index contributed by atoms with van der Waals surface area (Å²) >= 11 is 11.8. The molecule has 1 rings (SSSR count). The fourth-order valence-corrected chi connectivity index (χ4v) is 1.80. The number of carbonyl (C=O) groups is 1. The van der Waals surface area contributed by atoms with E-state index in [9.17, 15) is 4.79 Å². The molecule has 18 heavy (non-hydrogen) atoms. The van der Waals surface area contributed by atoms with Crippen LogP contribution in [0.15, 0.2) is 18.2 Å². The summed E-state index contributed by atoms with van der Waals surface area (Å²) in [5.74, 6) is -0.0165. The molecule has 3 nitrogen and oxygen atoms in total. The topological polar surface area (TPSA) is 32.3 Å². The predicted octanol–water partition coefficient (Wildman–Crippen LogP) is 2.95. The third-order valence-corrected chi connectivity index (χ3v) is 3.35. The number of amides is 1. The molecule has 0 aliphatic carbocycles. The first-order valence-electron chi connectivity index (χ1n) is 5.81. The second-order valence-corrected chi connectivity index (χ2v) is 5.36. The van der Waals surface area contributed by atoms with Crippen LogP contribution in [0.5, 0.6) is 0 Å². The van der Waals surface area contributed by atoms with Crippen LogP contribution >= 0.6 is 23.2 Å². The summed E-state index contributed by atoms with van der Waals surface area (Å²) in [5.41, 5.74) is 0.863. The van der Waals surface area contributed by atoms with Crippen molar-refractivity contribution in [2.24, 2.45) is 0 Å². The first-order valence-corrected chi connectivity index (χ1v) is 6.56. The summed E-state index contributed by atoms with van der Waals surface area (Å²) in [6, 6.07) is 5.59. The average Bonchev–Trinajstić information content (AvgIpc) is 2.27. The van der Waals surface area contributed by atoms with Gasteiger partial charge in [0.05, 0.1) is 6.54 Å². The van der Waals surface area contributed by atoms with Crippen molar-refractivity contribution in [3.63, 3.8) is 0 Å². The maximum Gasteiger partial charge on any atom is 0.234 e. The first-order chi connectivity index (χ1) is 8.40. The van der Waals surface area contributed by atoms with Gasteiger partial charge in [-0.15, -0.1) is 0 Å². The van der Waals surface area contributed by atoms with Gasteiger partial charge in [-0.25, -0.2) is 0 Å². The number of hydrogen-bond donors (Lipinski definition) is 1. The lowest BCUT2D eigenvalue weighted by Gasteiger charge is -2.20. The second-order valence-electron chi connectivity index (χ2n) is 4.52. The Hall–Kier alpha value is -0.770. The number of rotatable bonds is 5. The fourth-order valence-electron chi connectivity index (χ4n) is 1.32. The first kappa shape index (κ1) is 15.3. The summed E-state index contributed by atoms with van der Waals surface area (Å²) in [7, 11) is 1.92. The van der Waals surface area contributed by atoms with Crippen LogP contribution in [0.2, 0.25) is 10.0 Å². The van der Waals surface area contributed by atoms with Crippen LogP contribution in [-0.4, -0.2) is 30.4 Å². The van der Waals surface area contributed by atoms with Crippen molar-refractivity contribution >= 4 is 29.1 Å². The second kappa shape index (κ2) is 6.98. The number of nitrogens with one attached hydrogen (secondary N) is 1. The van der Waals surface area contributed by atoms with Crippen LogP contribution in [0.4, 0.5) is 0 Å². The van der Waals surface area contributed by atoms with Crippen LogP contribution in [0.25, 0.3) is 0 Å². The molecule has 0 aliphatic rings. The fraction of sp³-hybridized carbons (Fsp3) is 0.462. The summed E-state index contributed by atoms with van der Waals surface area (Å²) in [6.07, 6.45) is 0. The van der Waals surface area contributed by atoms with Gasteiger partial charge in [0.1, 0.15) is 0 Å². The number of benzene rings is 1. The number of hydrogen-bond acceptors (Lipinski definition) is 2. The van der Waals surface area contributed by atoms with E-state index in [1.54, 1.807) is 12.1 Å². The van der Waals surface area contributed by atoms with Crippen LogP contribution in [0.3, 0.4) is 0 Å². The zero-order chi connectivity index (χ0) is 13.7. The van der Waals surface area contributed by atoms with Gasteiger partial charge in [0.15, 0.2) is 0 Å². The predicted molar refractivity (Wildman–Crippen MR) is 76.1 cm³/mol. The molecule has 0 spiro atoms. The Morgan fingerprint density at radius 3 is 2.61 bits per heavy atom. The van der Waals surface area contributed by atoms with Gasteiger partial charge >= 0.3 is 0 Å². The minimum atomic E-state index is -0.0165. The Morgan fingerprint density at radius 2 is 2.06 bits per heavy atom. The van der Waals surface area contributed by atoms with E-state index in [0.717, 1.165) is 5.56 Å². The molecule has 0 radical (unpaired) electrons. The van der Waals surface area contributed by atoms with Crippen molar-refractivity contribution in [3.05, 3.63) is 33.8 Å². The SMILES string of the molecule is CC(C)N(C)CC(=O)NCc1ccc(Cl)cc1Cl. The molecule has 0 unspecified atom stereocenters. The third-order valence-electron chi connectivity index (χ3n) is 2.77. The smallest absolute Gasteiger partial charge is 0.234 e. The van der Waals surface area contributed by atoms with Crippen LogP contribution in [0, 0.1) is 0 Å². The Kier molecular flexibility index (Phi) is 5.93. The van der Waals surface area contributed by atoms with Crippen molar-refractivity contribution in [1.82, 2.24) is 10.2 Å². The molecule has 0 fully saturated rings. The van der Waals surface area contributed by atoms with Crippen molar-refractivity contribution in [2.45, 2.75) is 26.4 Å². The van der Waals surface area contributed by atoms with Crippen LogP contribution in [0.1, 0.15) is 19.4 Å². The molecule has 0 aromatic heterocycles. The van der Waals surface area contributed by atoms with Gasteiger partial charge in [-0.3, -0.25) is 9.69 Å². The molecule has 0 saturated carbocycles. The molecule has 1 N–H and O–H groups in total. The molecule has 0 heterocycles. The minimum Gasteiger partial charge on any atom is -0.351 e. The van der Waals surface area contributed by atoms with E-state index < -0.39 is 0 Å².